The summed E-state index contributed by atoms with van der Waals surface area (Å²) in [7, 11) is 0. The van der Waals surface area contributed by atoms with Crippen LogP contribution in [0.25, 0.3) is 0 Å². The van der Waals surface area contributed by atoms with E-state index in [2.05, 4.69) is 5.32 Å². The third-order valence-electron chi connectivity index (χ3n) is 3.15. The van der Waals surface area contributed by atoms with Gasteiger partial charge in [-0.05, 0) is 12.0 Å². The Morgan fingerprint density at radius 1 is 1.28 bits per heavy atom. The molecule has 0 heterocycles. The van der Waals surface area contributed by atoms with E-state index in [4.69, 9.17) is 0 Å². The number of amides is 1. The average molecular weight is 249 g/mol. The number of hydrogen-bond acceptors (Lipinski definition) is 2. The summed E-state index contributed by atoms with van der Waals surface area (Å²) in [6.45, 7) is 5.50. The SMILES string of the molecule is CCC(C)(C)C(=O)N[C@@H](C(=O)O)c1ccccc1. The number of benzene rings is 1. The molecule has 1 atom stereocenters. The topological polar surface area (TPSA) is 66.4 Å². The Hall–Kier alpha value is -1.84. The number of carboxylic acids is 1. The van der Waals surface area contributed by atoms with E-state index in [1.807, 2.05) is 6.92 Å². The van der Waals surface area contributed by atoms with E-state index in [-0.39, 0.29) is 5.91 Å². The summed E-state index contributed by atoms with van der Waals surface area (Å²) in [5.74, 6) is -1.30. The number of nitrogens with one attached hydrogen (secondary N) is 1. The van der Waals surface area contributed by atoms with Crippen molar-refractivity contribution in [2.45, 2.75) is 33.2 Å². The number of carbonyl (C=O) groups excluding carboxylic acids is 1. The molecular weight excluding hydrogens is 230 g/mol. The minimum Gasteiger partial charge on any atom is -0.479 e. The molecule has 0 unspecified atom stereocenters. The highest BCUT2D eigenvalue weighted by molar-refractivity contribution is 5.87. The Morgan fingerprint density at radius 3 is 2.28 bits per heavy atom. The van der Waals surface area contributed by atoms with Crippen molar-refractivity contribution in [2.24, 2.45) is 5.41 Å². The maximum atomic E-state index is 12.0. The van der Waals surface area contributed by atoms with E-state index >= 15 is 0 Å². The summed E-state index contributed by atoms with van der Waals surface area (Å²) in [5, 5.41) is 11.8. The fourth-order valence-corrected chi connectivity index (χ4v) is 1.42. The van der Waals surface area contributed by atoms with Gasteiger partial charge in [0.1, 0.15) is 0 Å². The zero-order valence-corrected chi connectivity index (χ0v) is 10.9. The molecule has 1 rings (SSSR count). The maximum absolute atomic E-state index is 12.0. The molecule has 0 bridgehead atoms. The van der Waals surface area contributed by atoms with Crippen LogP contribution in [0.4, 0.5) is 0 Å². The van der Waals surface area contributed by atoms with Crippen molar-refractivity contribution in [3.05, 3.63) is 35.9 Å². The van der Waals surface area contributed by atoms with Crippen LogP contribution in [0.1, 0.15) is 38.8 Å². The van der Waals surface area contributed by atoms with Crippen LogP contribution in [0.5, 0.6) is 0 Å². The number of carboxylic acid groups (broad SMARTS) is 1. The lowest BCUT2D eigenvalue weighted by atomic mass is 9.88. The van der Waals surface area contributed by atoms with Crippen LogP contribution in [0.15, 0.2) is 30.3 Å². The normalized spacial score (nSPS) is 12.8. The Labute approximate surface area is 107 Å². The van der Waals surface area contributed by atoms with Crippen LogP contribution < -0.4 is 5.32 Å². The van der Waals surface area contributed by atoms with E-state index in [1.54, 1.807) is 44.2 Å². The number of aliphatic carboxylic acids is 1. The van der Waals surface area contributed by atoms with E-state index in [0.29, 0.717) is 12.0 Å². The minimum absolute atomic E-state index is 0.249. The minimum atomic E-state index is -1.05. The molecule has 98 valence electrons. The lowest BCUT2D eigenvalue weighted by Gasteiger charge is -2.24. The summed E-state index contributed by atoms with van der Waals surface area (Å²) in [5.41, 5.74) is 0.00732. The van der Waals surface area contributed by atoms with Gasteiger partial charge in [0, 0.05) is 5.41 Å². The summed E-state index contributed by atoms with van der Waals surface area (Å²) in [6.07, 6.45) is 0.653. The van der Waals surface area contributed by atoms with Crippen molar-refractivity contribution >= 4 is 11.9 Å². The lowest BCUT2D eigenvalue weighted by molar-refractivity contribution is -0.143. The monoisotopic (exact) mass is 249 g/mol. The summed E-state index contributed by atoms with van der Waals surface area (Å²) in [4.78, 5) is 23.2. The first-order chi connectivity index (χ1) is 8.38. The molecule has 1 aromatic carbocycles. The quantitative estimate of drug-likeness (QED) is 0.841. The largest absolute Gasteiger partial charge is 0.479 e. The second kappa shape index (κ2) is 5.67. The van der Waals surface area contributed by atoms with Gasteiger partial charge in [0.05, 0.1) is 0 Å². The average Bonchev–Trinajstić information content (AvgIpc) is 2.36. The molecule has 4 nitrogen and oxygen atoms in total. The van der Waals surface area contributed by atoms with Crippen molar-refractivity contribution < 1.29 is 14.7 Å². The smallest absolute Gasteiger partial charge is 0.330 e. The van der Waals surface area contributed by atoms with Crippen molar-refractivity contribution in [2.75, 3.05) is 0 Å². The van der Waals surface area contributed by atoms with Crippen LogP contribution in [0, 0.1) is 5.41 Å². The molecule has 0 saturated carbocycles. The Morgan fingerprint density at radius 2 is 1.83 bits per heavy atom. The van der Waals surface area contributed by atoms with E-state index in [9.17, 15) is 14.7 Å². The van der Waals surface area contributed by atoms with Crippen LogP contribution in [0.2, 0.25) is 0 Å². The van der Waals surface area contributed by atoms with Crippen LogP contribution >= 0.6 is 0 Å². The highest BCUT2D eigenvalue weighted by Gasteiger charge is 2.30. The van der Waals surface area contributed by atoms with Gasteiger partial charge in [-0.25, -0.2) is 4.79 Å². The third-order valence-corrected chi connectivity index (χ3v) is 3.15. The van der Waals surface area contributed by atoms with Crippen LogP contribution in [0.3, 0.4) is 0 Å². The number of carbonyl (C=O) groups is 2. The second-order valence-electron chi connectivity index (χ2n) is 4.89. The zero-order valence-electron chi connectivity index (χ0n) is 10.9. The molecule has 0 aromatic heterocycles. The van der Waals surface area contributed by atoms with E-state index in [1.165, 1.54) is 0 Å². The Bertz CT molecular complexity index is 426. The molecule has 0 fully saturated rings. The second-order valence-corrected chi connectivity index (χ2v) is 4.89. The molecule has 2 N–H and O–H groups in total. The van der Waals surface area contributed by atoms with Gasteiger partial charge in [-0.3, -0.25) is 4.79 Å². The molecule has 0 radical (unpaired) electrons. The first-order valence-corrected chi connectivity index (χ1v) is 5.97. The van der Waals surface area contributed by atoms with Gasteiger partial charge >= 0.3 is 5.97 Å². The highest BCUT2D eigenvalue weighted by atomic mass is 16.4. The van der Waals surface area contributed by atoms with E-state index < -0.39 is 17.4 Å². The number of rotatable bonds is 5. The maximum Gasteiger partial charge on any atom is 0.330 e. The van der Waals surface area contributed by atoms with Crippen molar-refractivity contribution in [3.8, 4) is 0 Å². The van der Waals surface area contributed by atoms with Crippen LogP contribution in [-0.2, 0) is 9.59 Å². The van der Waals surface area contributed by atoms with Crippen molar-refractivity contribution in [1.29, 1.82) is 0 Å². The predicted molar refractivity (Wildman–Crippen MR) is 69.0 cm³/mol. The van der Waals surface area contributed by atoms with Gasteiger partial charge in [-0.2, -0.15) is 0 Å². The molecular formula is C14H19NO3. The summed E-state index contributed by atoms with van der Waals surface area (Å²) >= 11 is 0. The number of hydrogen-bond donors (Lipinski definition) is 2. The molecule has 0 saturated heterocycles. The Kier molecular flexibility index (Phi) is 4.48. The molecule has 1 amide bonds. The predicted octanol–water partition coefficient (Wildman–Crippen LogP) is 2.36. The molecule has 0 aliphatic rings. The fourth-order valence-electron chi connectivity index (χ4n) is 1.42. The van der Waals surface area contributed by atoms with Gasteiger partial charge in [-0.15, -0.1) is 0 Å². The molecule has 0 aliphatic heterocycles. The highest BCUT2D eigenvalue weighted by Crippen LogP contribution is 2.22. The standard InChI is InChI=1S/C14H19NO3/c1-4-14(2,3)13(18)15-11(12(16)17)10-8-6-5-7-9-10/h5-9,11H,4H2,1-3H3,(H,15,18)(H,16,17)/t11-/m1/s1. The molecule has 4 heteroatoms. The zero-order chi connectivity index (χ0) is 13.8. The molecule has 18 heavy (non-hydrogen) atoms. The Balaban J connectivity index is 2.90. The lowest BCUT2D eigenvalue weighted by Crippen LogP contribution is -2.41. The summed E-state index contributed by atoms with van der Waals surface area (Å²) < 4.78 is 0. The van der Waals surface area contributed by atoms with Crippen molar-refractivity contribution in [1.82, 2.24) is 5.32 Å². The third kappa shape index (κ3) is 3.32. The van der Waals surface area contributed by atoms with Crippen molar-refractivity contribution in [3.63, 3.8) is 0 Å². The van der Waals surface area contributed by atoms with Gasteiger partial charge < -0.3 is 10.4 Å². The van der Waals surface area contributed by atoms with E-state index in [0.717, 1.165) is 0 Å². The summed E-state index contributed by atoms with van der Waals surface area (Å²) in [6, 6.07) is 7.70. The van der Waals surface area contributed by atoms with Gasteiger partial charge in [0.15, 0.2) is 6.04 Å². The molecule has 0 aliphatic carbocycles. The van der Waals surface area contributed by atoms with Gasteiger partial charge in [0.25, 0.3) is 0 Å². The fraction of sp³-hybridized carbons (Fsp3) is 0.429. The first-order valence-electron chi connectivity index (χ1n) is 5.97. The first kappa shape index (κ1) is 14.2. The van der Waals surface area contributed by atoms with Gasteiger partial charge in [-0.1, -0.05) is 51.1 Å². The molecule has 1 aromatic rings. The van der Waals surface area contributed by atoms with Gasteiger partial charge in [0.2, 0.25) is 5.91 Å². The molecule has 0 spiro atoms. The van der Waals surface area contributed by atoms with Crippen LogP contribution in [-0.4, -0.2) is 17.0 Å².